The highest BCUT2D eigenvalue weighted by molar-refractivity contribution is 7.99. The Morgan fingerprint density at radius 1 is 1.50 bits per heavy atom. The molecule has 2 rings (SSSR count). The molecule has 0 saturated carbocycles. The molecule has 0 amide bonds. The highest BCUT2D eigenvalue weighted by Gasteiger charge is 2.18. The van der Waals surface area contributed by atoms with Crippen LogP contribution < -0.4 is 17.2 Å². The zero-order valence-electron chi connectivity index (χ0n) is 6.28. The molecule has 0 spiro atoms. The SMILES string of the molecule is Nc1nc(=O)n2c(c1N)SCC2. The Balaban J connectivity index is 2.78. The van der Waals surface area contributed by atoms with Gasteiger partial charge in [0.15, 0.2) is 5.82 Å². The summed E-state index contributed by atoms with van der Waals surface area (Å²) in [6.45, 7) is 0.677. The molecule has 12 heavy (non-hydrogen) atoms. The van der Waals surface area contributed by atoms with Gasteiger partial charge in [0.1, 0.15) is 10.7 Å². The van der Waals surface area contributed by atoms with E-state index in [4.69, 9.17) is 11.5 Å². The Labute approximate surface area is 72.8 Å². The molecule has 4 N–H and O–H groups in total. The van der Waals surface area contributed by atoms with Crippen LogP contribution in [0.1, 0.15) is 0 Å². The van der Waals surface area contributed by atoms with E-state index in [1.165, 1.54) is 0 Å². The maximum atomic E-state index is 11.2. The largest absolute Gasteiger partial charge is 0.394 e. The third-order valence-corrected chi connectivity index (χ3v) is 2.85. The minimum atomic E-state index is -0.304. The number of hydrogen-bond acceptors (Lipinski definition) is 5. The van der Waals surface area contributed by atoms with Crippen LogP contribution in [0.2, 0.25) is 0 Å². The number of anilines is 2. The van der Waals surface area contributed by atoms with E-state index >= 15 is 0 Å². The minimum Gasteiger partial charge on any atom is -0.394 e. The molecular formula is C6H8N4OS. The summed E-state index contributed by atoms with van der Waals surface area (Å²) in [6, 6.07) is 0. The fourth-order valence-electron chi connectivity index (χ4n) is 1.15. The van der Waals surface area contributed by atoms with Gasteiger partial charge < -0.3 is 11.5 Å². The van der Waals surface area contributed by atoms with Gasteiger partial charge >= 0.3 is 5.69 Å². The van der Waals surface area contributed by atoms with Crippen molar-refractivity contribution in [3.63, 3.8) is 0 Å². The van der Waals surface area contributed by atoms with Gasteiger partial charge in [0.05, 0.1) is 0 Å². The molecule has 5 nitrogen and oxygen atoms in total. The standard InChI is InChI=1S/C6H8N4OS/c7-3-4(8)9-6(11)10-1-2-12-5(3)10/h1-2,7H2,(H2,8,9,11). The van der Waals surface area contributed by atoms with Crippen molar-refractivity contribution in [3.05, 3.63) is 10.5 Å². The summed E-state index contributed by atoms with van der Waals surface area (Å²) in [7, 11) is 0. The first-order valence-electron chi connectivity index (χ1n) is 3.48. The van der Waals surface area contributed by atoms with E-state index in [2.05, 4.69) is 4.98 Å². The van der Waals surface area contributed by atoms with Gasteiger partial charge in [-0.15, -0.1) is 11.8 Å². The molecular weight excluding hydrogens is 176 g/mol. The maximum Gasteiger partial charge on any atom is 0.350 e. The maximum absolute atomic E-state index is 11.2. The second kappa shape index (κ2) is 2.41. The van der Waals surface area contributed by atoms with Crippen LogP contribution in [-0.2, 0) is 6.54 Å². The first-order valence-corrected chi connectivity index (χ1v) is 4.47. The molecule has 0 atom stereocenters. The van der Waals surface area contributed by atoms with Crippen LogP contribution in [0.25, 0.3) is 0 Å². The average molecular weight is 184 g/mol. The van der Waals surface area contributed by atoms with Crippen molar-refractivity contribution in [2.75, 3.05) is 17.2 Å². The van der Waals surface area contributed by atoms with Gasteiger partial charge in [-0.2, -0.15) is 4.98 Å². The molecule has 1 aliphatic rings. The third kappa shape index (κ3) is 0.878. The first-order chi connectivity index (χ1) is 5.70. The number of nitrogens with zero attached hydrogens (tertiary/aromatic N) is 2. The van der Waals surface area contributed by atoms with Crippen LogP contribution in [0.4, 0.5) is 11.5 Å². The summed E-state index contributed by atoms with van der Waals surface area (Å²) in [5, 5.41) is 0.757. The highest BCUT2D eigenvalue weighted by Crippen LogP contribution is 2.30. The van der Waals surface area contributed by atoms with Gasteiger partial charge in [0, 0.05) is 12.3 Å². The van der Waals surface area contributed by atoms with E-state index in [0.717, 1.165) is 10.8 Å². The molecule has 0 bridgehead atoms. The van der Waals surface area contributed by atoms with Crippen molar-refractivity contribution in [2.24, 2.45) is 0 Å². The van der Waals surface area contributed by atoms with E-state index in [0.29, 0.717) is 12.2 Å². The zero-order valence-corrected chi connectivity index (χ0v) is 7.10. The average Bonchev–Trinajstić information content (AvgIpc) is 2.48. The minimum absolute atomic E-state index is 0.139. The molecule has 0 aliphatic carbocycles. The number of fused-ring (bicyclic) bond motifs is 1. The molecule has 0 saturated heterocycles. The van der Waals surface area contributed by atoms with Crippen LogP contribution >= 0.6 is 11.8 Å². The summed E-state index contributed by atoms with van der Waals surface area (Å²) in [5.41, 5.74) is 11.2. The zero-order chi connectivity index (χ0) is 8.72. The van der Waals surface area contributed by atoms with E-state index in [-0.39, 0.29) is 11.5 Å². The normalized spacial score (nSPS) is 14.7. The fourth-order valence-corrected chi connectivity index (χ4v) is 2.20. The Morgan fingerprint density at radius 2 is 2.25 bits per heavy atom. The Morgan fingerprint density at radius 3 is 3.00 bits per heavy atom. The Hall–Kier alpha value is -1.17. The summed E-state index contributed by atoms with van der Waals surface area (Å²) >= 11 is 1.54. The third-order valence-electron chi connectivity index (χ3n) is 1.75. The summed E-state index contributed by atoms with van der Waals surface area (Å²) in [6.07, 6.45) is 0. The molecule has 0 radical (unpaired) electrons. The van der Waals surface area contributed by atoms with E-state index < -0.39 is 0 Å². The summed E-state index contributed by atoms with van der Waals surface area (Å²) in [4.78, 5) is 14.8. The van der Waals surface area contributed by atoms with Gasteiger partial charge in [-0.05, 0) is 0 Å². The fraction of sp³-hybridized carbons (Fsp3) is 0.333. The smallest absolute Gasteiger partial charge is 0.350 e. The summed E-state index contributed by atoms with van der Waals surface area (Å²) < 4.78 is 1.55. The first kappa shape index (κ1) is 7.48. The van der Waals surface area contributed by atoms with E-state index in [9.17, 15) is 4.79 Å². The van der Waals surface area contributed by atoms with E-state index in [1.807, 2.05) is 0 Å². The van der Waals surface area contributed by atoms with Crippen LogP contribution in [-0.4, -0.2) is 15.3 Å². The molecule has 0 fully saturated rings. The second-order valence-electron chi connectivity index (χ2n) is 2.50. The van der Waals surface area contributed by atoms with Crippen LogP contribution in [0.3, 0.4) is 0 Å². The second-order valence-corrected chi connectivity index (χ2v) is 3.58. The molecule has 0 aromatic carbocycles. The molecule has 1 aromatic heterocycles. The van der Waals surface area contributed by atoms with Gasteiger partial charge in [0.25, 0.3) is 0 Å². The number of nitrogens with two attached hydrogens (primary N) is 2. The molecule has 6 heteroatoms. The van der Waals surface area contributed by atoms with E-state index in [1.54, 1.807) is 16.3 Å². The predicted octanol–water partition coefficient (Wildman–Crippen LogP) is -0.487. The number of hydrogen-bond donors (Lipinski definition) is 2. The van der Waals surface area contributed by atoms with Gasteiger partial charge in [-0.3, -0.25) is 4.57 Å². The summed E-state index contributed by atoms with van der Waals surface area (Å²) in [5.74, 6) is 1.01. The Bertz CT molecular complexity index is 386. The van der Waals surface area contributed by atoms with Crippen molar-refractivity contribution in [1.29, 1.82) is 0 Å². The lowest BCUT2D eigenvalue weighted by Crippen LogP contribution is -2.24. The molecule has 1 aromatic rings. The van der Waals surface area contributed by atoms with Crippen molar-refractivity contribution in [2.45, 2.75) is 11.6 Å². The van der Waals surface area contributed by atoms with Gasteiger partial charge in [0.2, 0.25) is 0 Å². The number of thioether (sulfide) groups is 1. The quantitative estimate of drug-likeness (QED) is 0.531. The van der Waals surface area contributed by atoms with Crippen molar-refractivity contribution < 1.29 is 0 Å². The highest BCUT2D eigenvalue weighted by atomic mass is 32.2. The Kier molecular flexibility index (Phi) is 1.50. The lowest BCUT2D eigenvalue weighted by atomic mass is 10.5. The molecule has 1 aliphatic heterocycles. The van der Waals surface area contributed by atoms with Crippen molar-refractivity contribution >= 4 is 23.3 Å². The van der Waals surface area contributed by atoms with Crippen LogP contribution in [0, 0.1) is 0 Å². The lowest BCUT2D eigenvalue weighted by Gasteiger charge is -2.05. The molecule has 2 heterocycles. The van der Waals surface area contributed by atoms with Crippen molar-refractivity contribution in [1.82, 2.24) is 9.55 Å². The van der Waals surface area contributed by atoms with Crippen LogP contribution in [0.5, 0.6) is 0 Å². The molecule has 0 unspecified atom stereocenters. The monoisotopic (exact) mass is 184 g/mol. The van der Waals surface area contributed by atoms with Gasteiger partial charge in [-0.1, -0.05) is 0 Å². The van der Waals surface area contributed by atoms with Gasteiger partial charge in [-0.25, -0.2) is 4.79 Å². The van der Waals surface area contributed by atoms with Crippen molar-refractivity contribution in [3.8, 4) is 0 Å². The number of aromatic nitrogens is 2. The molecule has 64 valence electrons. The number of nitrogen functional groups attached to an aromatic ring is 2. The van der Waals surface area contributed by atoms with Crippen LogP contribution in [0.15, 0.2) is 9.82 Å². The lowest BCUT2D eigenvalue weighted by molar-refractivity contribution is 0.671. The number of rotatable bonds is 0. The predicted molar refractivity (Wildman–Crippen MR) is 48.0 cm³/mol. The topological polar surface area (TPSA) is 86.9 Å².